The van der Waals surface area contributed by atoms with Crippen molar-refractivity contribution < 1.29 is 9.53 Å². The summed E-state index contributed by atoms with van der Waals surface area (Å²) in [6.07, 6.45) is 5.71. The number of rotatable bonds is 5. The van der Waals surface area contributed by atoms with Crippen molar-refractivity contribution in [1.82, 2.24) is 19.3 Å². The van der Waals surface area contributed by atoms with Crippen LogP contribution in [-0.2, 0) is 11.3 Å². The third-order valence-electron chi connectivity index (χ3n) is 4.75. The SMILES string of the molecule is CCOC(=O)c1ccc(N2CCN(Cc3cn4ccccc4n3)CC2)nc1. The number of esters is 1. The lowest BCUT2D eigenvalue weighted by molar-refractivity contribution is 0.0526. The highest BCUT2D eigenvalue weighted by Gasteiger charge is 2.19. The molecule has 0 bridgehead atoms. The highest BCUT2D eigenvalue weighted by molar-refractivity contribution is 5.89. The number of fused-ring (bicyclic) bond motifs is 1. The van der Waals surface area contributed by atoms with Crippen LogP contribution < -0.4 is 4.90 Å². The number of nitrogens with zero attached hydrogens (tertiary/aromatic N) is 5. The lowest BCUT2D eigenvalue weighted by Crippen LogP contribution is -2.46. The van der Waals surface area contributed by atoms with E-state index in [1.165, 1.54) is 0 Å². The first kappa shape index (κ1) is 17.5. The number of carbonyl (C=O) groups excluding carboxylic acids is 1. The quantitative estimate of drug-likeness (QED) is 0.646. The molecular formula is C20H23N5O2. The van der Waals surface area contributed by atoms with Gasteiger partial charge in [-0.25, -0.2) is 14.8 Å². The third-order valence-corrected chi connectivity index (χ3v) is 4.75. The smallest absolute Gasteiger partial charge is 0.339 e. The fraction of sp³-hybridized carbons (Fsp3) is 0.350. The summed E-state index contributed by atoms with van der Waals surface area (Å²) in [7, 11) is 0. The van der Waals surface area contributed by atoms with Gasteiger partial charge in [-0.1, -0.05) is 6.07 Å². The molecule has 0 aromatic carbocycles. The van der Waals surface area contributed by atoms with Gasteiger partial charge >= 0.3 is 5.97 Å². The van der Waals surface area contributed by atoms with Crippen molar-refractivity contribution in [2.75, 3.05) is 37.7 Å². The van der Waals surface area contributed by atoms with Crippen LogP contribution >= 0.6 is 0 Å². The van der Waals surface area contributed by atoms with Crippen molar-refractivity contribution in [1.29, 1.82) is 0 Å². The number of carbonyl (C=O) groups is 1. The molecule has 0 aliphatic carbocycles. The lowest BCUT2D eigenvalue weighted by Gasteiger charge is -2.35. The largest absolute Gasteiger partial charge is 0.462 e. The minimum atomic E-state index is -0.325. The van der Waals surface area contributed by atoms with Gasteiger partial charge < -0.3 is 14.0 Å². The lowest BCUT2D eigenvalue weighted by atomic mass is 10.2. The summed E-state index contributed by atoms with van der Waals surface area (Å²) < 4.78 is 7.06. The summed E-state index contributed by atoms with van der Waals surface area (Å²) in [5, 5.41) is 0. The summed E-state index contributed by atoms with van der Waals surface area (Å²) in [5.74, 6) is 0.573. The van der Waals surface area contributed by atoms with E-state index in [0.717, 1.165) is 49.9 Å². The maximum Gasteiger partial charge on any atom is 0.339 e. The van der Waals surface area contributed by atoms with Gasteiger partial charge in [-0.05, 0) is 31.2 Å². The fourth-order valence-electron chi connectivity index (χ4n) is 3.34. The Hall–Kier alpha value is -2.93. The molecule has 0 radical (unpaired) electrons. The van der Waals surface area contributed by atoms with E-state index in [4.69, 9.17) is 4.74 Å². The molecule has 3 aromatic heterocycles. The molecule has 0 amide bonds. The minimum absolute atomic E-state index is 0.325. The van der Waals surface area contributed by atoms with Crippen LogP contribution in [0.3, 0.4) is 0 Å². The molecular weight excluding hydrogens is 342 g/mol. The van der Waals surface area contributed by atoms with Crippen molar-refractivity contribution in [3.8, 4) is 0 Å². The number of hydrogen-bond acceptors (Lipinski definition) is 6. The zero-order chi connectivity index (χ0) is 18.6. The summed E-state index contributed by atoms with van der Waals surface area (Å²) in [4.78, 5) is 25.5. The van der Waals surface area contributed by atoms with Crippen molar-refractivity contribution >= 4 is 17.4 Å². The highest BCUT2D eigenvalue weighted by atomic mass is 16.5. The van der Waals surface area contributed by atoms with Crippen LogP contribution in [0.15, 0.2) is 48.9 Å². The van der Waals surface area contributed by atoms with Gasteiger partial charge in [0, 0.05) is 51.3 Å². The van der Waals surface area contributed by atoms with Crippen LogP contribution in [0.1, 0.15) is 23.0 Å². The Balaban J connectivity index is 1.33. The van der Waals surface area contributed by atoms with Crippen LogP contribution in [0.25, 0.3) is 5.65 Å². The summed E-state index contributed by atoms with van der Waals surface area (Å²) >= 11 is 0. The molecule has 4 heterocycles. The Bertz CT molecular complexity index is 881. The molecule has 140 valence electrons. The number of hydrogen-bond donors (Lipinski definition) is 0. The van der Waals surface area contributed by atoms with Crippen LogP contribution in [0.2, 0.25) is 0 Å². The van der Waals surface area contributed by atoms with Crippen LogP contribution in [0.4, 0.5) is 5.82 Å². The van der Waals surface area contributed by atoms with Crippen molar-refractivity contribution in [3.05, 3.63) is 60.2 Å². The molecule has 7 nitrogen and oxygen atoms in total. The normalized spacial score (nSPS) is 15.2. The zero-order valence-electron chi connectivity index (χ0n) is 15.4. The standard InChI is InChI=1S/C20H23N5O2/c1-2-27-20(26)16-6-7-18(21-13-16)24-11-9-23(10-12-24)14-17-15-25-8-4-3-5-19(25)22-17/h3-8,13,15H,2,9-12,14H2,1H3. The minimum Gasteiger partial charge on any atom is -0.462 e. The zero-order valence-corrected chi connectivity index (χ0v) is 15.4. The number of aromatic nitrogens is 3. The van der Waals surface area contributed by atoms with E-state index in [1.54, 1.807) is 19.2 Å². The first-order valence-electron chi connectivity index (χ1n) is 9.26. The highest BCUT2D eigenvalue weighted by Crippen LogP contribution is 2.16. The van der Waals surface area contributed by atoms with E-state index in [-0.39, 0.29) is 5.97 Å². The van der Waals surface area contributed by atoms with E-state index in [1.807, 2.05) is 30.5 Å². The molecule has 1 fully saturated rings. The predicted octanol–water partition coefficient (Wildman–Crippen LogP) is 2.23. The number of piperazine rings is 1. The molecule has 27 heavy (non-hydrogen) atoms. The third kappa shape index (κ3) is 3.93. The molecule has 1 saturated heterocycles. The van der Waals surface area contributed by atoms with Gasteiger partial charge in [0.05, 0.1) is 17.9 Å². The Morgan fingerprint density at radius 1 is 1.15 bits per heavy atom. The molecule has 1 aliphatic rings. The molecule has 0 unspecified atom stereocenters. The maximum atomic E-state index is 11.7. The average Bonchev–Trinajstić information content (AvgIpc) is 3.11. The molecule has 0 saturated carbocycles. The Kier molecular flexibility index (Phi) is 5.02. The van der Waals surface area contributed by atoms with E-state index in [9.17, 15) is 4.79 Å². The van der Waals surface area contributed by atoms with Gasteiger partial charge in [-0.15, -0.1) is 0 Å². The number of ether oxygens (including phenoxy) is 1. The summed E-state index contributed by atoms with van der Waals surface area (Å²) in [5.41, 5.74) is 2.56. The molecule has 0 spiro atoms. The second kappa shape index (κ2) is 7.75. The Morgan fingerprint density at radius 2 is 2.00 bits per heavy atom. The Labute approximate surface area is 158 Å². The average molecular weight is 365 g/mol. The summed E-state index contributed by atoms with van der Waals surface area (Å²) in [6.45, 7) is 6.73. The second-order valence-electron chi connectivity index (χ2n) is 6.59. The van der Waals surface area contributed by atoms with Gasteiger partial charge in [0.2, 0.25) is 0 Å². The van der Waals surface area contributed by atoms with Crippen molar-refractivity contribution in [2.24, 2.45) is 0 Å². The van der Waals surface area contributed by atoms with Crippen molar-refractivity contribution in [3.63, 3.8) is 0 Å². The topological polar surface area (TPSA) is 63.0 Å². The van der Waals surface area contributed by atoms with Crippen molar-refractivity contribution in [2.45, 2.75) is 13.5 Å². The van der Waals surface area contributed by atoms with Gasteiger partial charge in [0.1, 0.15) is 11.5 Å². The van der Waals surface area contributed by atoms with Crippen LogP contribution in [0.5, 0.6) is 0 Å². The number of imidazole rings is 1. The van der Waals surface area contributed by atoms with Crippen LogP contribution in [0, 0.1) is 0 Å². The Morgan fingerprint density at radius 3 is 2.70 bits per heavy atom. The molecule has 4 rings (SSSR count). The molecule has 7 heteroatoms. The molecule has 1 aliphatic heterocycles. The van der Waals surface area contributed by atoms with E-state index < -0.39 is 0 Å². The monoisotopic (exact) mass is 365 g/mol. The predicted molar refractivity (Wildman–Crippen MR) is 103 cm³/mol. The van der Waals surface area contributed by atoms with Gasteiger partial charge in [-0.2, -0.15) is 0 Å². The van der Waals surface area contributed by atoms with Gasteiger partial charge in [0.25, 0.3) is 0 Å². The van der Waals surface area contributed by atoms with Crippen LogP contribution in [-0.4, -0.2) is 58.0 Å². The molecule has 3 aromatic rings. The summed E-state index contributed by atoms with van der Waals surface area (Å²) in [6, 6.07) is 9.71. The molecule has 0 N–H and O–H groups in total. The number of pyridine rings is 2. The van der Waals surface area contributed by atoms with E-state index in [2.05, 4.69) is 30.4 Å². The van der Waals surface area contributed by atoms with Gasteiger partial charge in [-0.3, -0.25) is 4.90 Å². The van der Waals surface area contributed by atoms with Gasteiger partial charge in [0.15, 0.2) is 0 Å². The van der Waals surface area contributed by atoms with E-state index >= 15 is 0 Å². The first-order chi connectivity index (χ1) is 13.2. The first-order valence-corrected chi connectivity index (χ1v) is 9.26. The van der Waals surface area contributed by atoms with E-state index in [0.29, 0.717) is 12.2 Å². The maximum absolute atomic E-state index is 11.7. The fourth-order valence-corrected chi connectivity index (χ4v) is 3.34. The number of anilines is 1. The second-order valence-corrected chi connectivity index (χ2v) is 6.59. The molecule has 0 atom stereocenters.